The number of hydrogen-bond acceptors (Lipinski definition) is 2. The van der Waals surface area contributed by atoms with Crippen LogP contribution in [-0.2, 0) is 11.3 Å². The van der Waals surface area contributed by atoms with E-state index in [4.69, 9.17) is 9.47 Å². The molecule has 1 aliphatic carbocycles. The Morgan fingerprint density at radius 1 is 0.700 bits per heavy atom. The highest BCUT2D eigenvalue weighted by Gasteiger charge is 2.21. The van der Waals surface area contributed by atoms with Crippen LogP contribution in [0.5, 0.6) is 5.75 Å². The molecule has 0 saturated heterocycles. The fourth-order valence-electron chi connectivity index (χ4n) is 4.86. The summed E-state index contributed by atoms with van der Waals surface area (Å²) in [6.45, 7) is 0.576. The smallest absolute Gasteiger partial charge is 0.128 e. The molecule has 1 fully saturated rings. The van der Waals surface area contributed by atoms with Crippen LogP contribution in [0.15, 0.2) is 72.8 Å². The third kappa shape index (κ3) is 3.57. The first-order valence-corrected chi connectivity index (χ1v) is 11.0. The Morgan fingerprint density at radius 2 is 1.33 bits per heavy atom. The van der Waals surface area contributed by atoms with E-state index < -0.39 is 0 Å². The maximum absolute atomic E-state index is 6.69. The summed E-state index contributed by atoms with van der Waals surface area (Å²) in [6.07, 6.45) is 6.44. The number of rotatable bonds is 5. The van der Waals surface area contributed by atoms with Crippen LogP contribution in [0.4, 0.5) is 0 Å². The van der Waals surface area contributed by atoms with Crippen LogP contribution in [-0.4, -0.2) is 13.2 Å². The predicted molar refractivity (Wildman–Crippen MR) is 125 cm³/mol. The van der Waals surface area contributed by atoms with Crippen LogP contribution in [0.1, 0.15) is 37.7 Å². The van der Waals surface area contributed by atoms with Gasteiger partial charge in [0.25, 0.3) is 0 Å². The normalized spacial score (nSPS) is 15.0. The van der Waals surface area contributed by atoms with Gasteiger partial charge in [0.1, 0.15) is 5.75 Å². The van der Waals surface area contributed by atoms with E-state index in [1.807, 2.05) is 0 Å². The molecule has 1 saturated carbocycles. The monoisotopic (exact) mass is 396 g/mol. The first-order chi connectivity index (χ1) is 14.8. The molecule has 0 N–H and O–H groups in total. The summed E-state index contributed by atoms with van der Waals surface area (Å²) in [5.41, 5.74) is 3.63. The lowest BCUT2D eigenvalue weighted by Gasteiger charge is -2.26. The lowest BCUT2D eigenvalue weighted by Crippen LogP contribution is -2.20. The molecule has 0 aromatic heterocycles. The van der Waals surface area contributed by atoms with Gasteiger partial charge in [-0.3, -0.25) is 0 Å². The number of ether oxygens (including phenoxy) is 2. The van der Waals surface area contributed by atoms with Gasteiger partial charge >= 0.3 is 0 Å². The van der Waals surface area contributed by atoms with Crippen LogP contribution in [0.3, 0.4) is 0 Å². The third-order valence-corrected chi connectivity index (χ3v) is 6.30. The zero-order valence-electron chi connectivity index (χ0n) is 17.6. The van der Waals surface area contributed by atoms with E-state index in [1.54, 1.807) is 7.11 Å². The predicted octanol–water partition coefficient (Wildman–Crippen LogP) is 7.52. The molecule has 2 nitrogen and oxygen atoms in total. The van der Waals surface area contributed by atoms with E-state index in [0.29, 0.717) is 12.7 Å². The van der Waals surface area contributed by atoms with Gasteiger partial charge < -0.3 is 9.47 Å². The van der Waals surface area contributed by atoms with Gasteiger partial charge in [-0.15, -0.1) is 0 Å². The van der Waals surface area contributed by atoms with Crippen molar-refractivity contribution in [2.24, 2.45) is 0 Å². The van der Waals surface area contributed by atoms with Crippen molar-refractivity contribution in [3.05, 3.63) is 78.4 Å². The second-order valence-corrected chi connectivity index (χ2v) is 8.29. The SMILES string of the molecule is COCc1ccc2ccccc2c1-c1c(OC2CCCCC2)ccc2ccccc12. The minimum Gasteiger partial charge on any atom is -0.490 e. The zero-order valence-corrected chi connectivity index (χ0v) is 17.6. The van der Waals surface area contributed by atoms with Gasteiger partial charge in [0.05, 0.1) is 12.7 Å². The Hall–Kier alpha value is -2.84. The van der Waals surface area contributed by atoms with Crippen molar-refractivity contribution >= 4 is 21.5 Å². The molecule has 0 atom stereocenters. The Labute approximate surface area is 178 Å². The van der Waals surface area contributed by atoms with Gasteiger partial charge in [-0.1, -0.05) is 73.2 Å². The Balaban J connectivity index is 1.79. The quantitative estimate of drug-likeness (QED) is 0.347. The third-order valence-electron chi connectivity index (χ3n) is 6.30. The first kappa shape index (κ1) is 19.1. The zero-order chi connectivity index (χ0) is 20.3. The summed E-state index contributed by atoms with van der Waals surface area (Å²) in [7, 11) is 1.77. The van der Waals surface area contributed by atoms with Crippen LogP contribution in [0, 0.1) is 0 Å². The lowest BCUT2D eigenvalue weighted by molar-refractivity contribution is 0.156. The fraction of sp³-hybridized carbons (Fsp3) is 0.286. The largest absolute Gasteiger partial charge is 0.490 e. The van der Waals surface area contributed by atoms with Crippen molar-refractivity contribution in [3.63, 3.8) is 0 Å². The molecule has 152 valence electrons. The Bertz CT molecular complexity index is 1170. The minimum absolute atomic E-state index is 0.305. The molecule has 30 heavy (non-hydrogen) atoms. The van der Waals surface area contributed by atoms with Gasteiger partial charge in [0.15, 0.2) is 0 Å². The number of hydrogen-bond donors (Lipinski definition) is 0. The van der Waals surface area contributed by atoms with Gasteiger partial charge in [-0.2, -0.15) is 0 Å². The van der Waals surface area contributed by atoms with Crippen molar-refractivity contribution in [1.82, 2.24) is 0 Å². The fourth-order valence-corrected chi connectivity index (χ4v) is 4.86. The van der Waals surface area contributed by atoms with Gasteiger partial charge in [-0.05, 0) is 64.4 Å². The van der Waals surface area contributed by atoms with Crippen molar-refractivity contribution in [1.29, 1.82) is 0 Å². The highest BCUT2D eigenvalue weighted by Crippen LogP contribution is 2.43. The maximum Gasteiger partial charge on any atom is 0.128 e. The van der Waals surface area contributed by atoms with Crippen LogP contribution < -0.4 is 4.74 Å². The Kier molecular flexibility index (Phi) is 5.42. The van der Waals surface area contributed by atoms with E-state index >= 15 is 0 Å². The number of fused-ring (bicyclic) bond motifs is 2. The van der Waals surface area contributed by atoms with E-state index in [2.05, 4.69) is 72.8 Å². The van der Waals surface area contributed by atoms with Crippen molar-refractivity contribution in [2.45, 2.75) is 44.8 Å². The molecule has 0 spiro atoms. The molecule has 4 aromatic rings. The summed E-state index contributed by atoms with van der Waals surface area (Å²) in [6, 6.07) is 26.0. The maximum atomic E-state index is 6.69. The second kappa shape index (κ2) is 8.49. The molecular weight excluding hydrogens is 368 g/mol. The molecule has 0 aliphatic heterocycles. The highest BCUT2D eigenvalue weighted by atomic mass is 16.5. The second-order valence-electron chi connectivity index (χ2n) is 8.29. The van der Waals surface area contributed by atoms with E-state index in [9.17, 15) is 0 Å². The van der Waals surface area contributed by atoms with Gasteiger partial charge in [-0.25, -0.2) is 0 Å². The van der Waals surface area contributed by atoms with Crippen LogP contribution in [0.2, 0.25) is 0 Å². The standard InChI is InChI=1S/C28H28O2/c1-29-19-22-16-15-20-9-5-7-13-24(20)27(22)28-25-14-8-6-10-21(25)17-18-26(28)30-23-11-3-2-4-12-23/h5-10,13-18,23H,2-4,11-12,19H2,1H3. The number of methoxy groups -OCH3 is 1. The first-order valence-electron chi connectivity index (χ1n) is 11.0. The summed E-state index contributed by atoms with van der Waals surface area (Å²) in [4.78, 5) is 0. The number of benzene rings is 4. The molecule has 0 heterocycles. The van der Waals surface area contributed by atoms with Crippen molar-refractivity contribution in [3.8, 4) is 16.9 Å². The molecule has 2 heteroatoms. The Morgan fingerprint density at radius 3 is 2.03 bits per heavy atom. The minimum atomic E-state index is 0.305. The molecule has 1 aliphatic rings. The summed E-state index contributed by atoms with van der Waals surface area (Å²) >= 11 is 0. The highest BCUT2D eigenvalue weighted by molar-refractivity contribution is 6.08. The average molecular weight is 397 g/mol. The summed E-state index contributed by atoms with van der Waals surface area (Å²) < 4.78 is 12.3. The van der Waals surface area contributed by atoms with Crippen LogP contribution in [0.25, 0.3) is 32.7 Å². The molecule has 0 amide bonds. The van der Waals surface area contributed by atoms with E-state index in [-0.39, 0.29) is 0 Å². The van der Waals surface area contributed by atoms with Crippen molar-refractivity contribution < 1.29 is 9.47 Å². The molecule has 0 radical (unpaired) electrons. The van der Waals surface area contributed by atoms with Gasteiger partial charge in [0.2, 0.25) is 0 Å². The summed E-state index contributed by atoms with van der Waals surface area (Å²) in [5, 5.41) is 4.96. The van der Waals surface area contributed by atoms with E-state index in [0.717, 1.165) is 18.6 Å². The van der Waals surface area contributed by atoms with Crippen molar-refractivity contribution in [2.75, 3.05) is 7.11 Å². The topological polar surface area (TPSA) is 18.5 Å². The molecule has 0 bridgehead atoms. The molecule has 0 unspecified atom stereocenters. The molecule has 4 aromatic carbocycles. The van der Waals surface area contributed by atoms with E-state index in [1.165, 1.54) is 57.5 Å². The molecular formula is C28H28O2. The average Bonchev–Trinajstić information content (AvgIpc) is 2.80. The summed E-state index contributed by atoms with van der Waals surface area (Å²) in [5.74, 6) is 0.995. The molecule has 5 rings (SSSR count). The van der Waals surface area contributed by atoms with Gasteiger partial charge in [0, 0.05) is 12.7 Å². The lowest BCUT2D eigenvalue weighted by atomic mass is 9.89. The van der Waals surface area contributed by atoms with Crippen LogP contribution >= 0.6 is 0 Å².